The van der Waals surface area contributed by atoms with E-state index in [0.717, 1.165) is 16.9 Å². The summed E-state index contributed by atoms with van der Waals surface area (Å²) >= 11 is 0. The van der Waals surface area contributed by atoms with Crippen molar-refractivity contribution in [2.45, 2.75) is 19.4 Å². The summed E-state index contributed by atoms with van der Waals surface area (Å²) in [5, 5.41) is 8.98. The number of hydrogen-bond donors (Lipinski definition) is 1. The van der Waals surface area contributed by atoms with E-state index in [1.54, 1.807) is 7.05 Å². The molecule has 0 aliphatic carbocycles. The number of benzene rings is 2. The molecule has 2 aromatic rings. The highest BCUT2D eigenvalue weighted by Gasteiger charge is 2.16. The molecule has 0 aromatic heterocycles. The number of aryl methyl sites for hydroxylation is 1. The van der Waals surface area contributed by atoms with Crippen molar-refractivity contribution in [3.8, 4) is 5.75 Å². The van der Waals surface area contributed by atoms with Crippen molar-refractivity contribution in [2.24, 2.45) is 0 Å². The second-order valence-electron chi connectivity index (χ2n) is 5.28. The van der Waals surface area contributed by atoms with E-state index in [4.69, 9.17) is 9.84 Å². The van der Waals surface area contributed by atoms with Gasteiger partial charge in [-0.1, -0.05) is 48.5 Å². The number of rotatable bonds is 6. The Balaban J connectivity index is 2.15. The van der Waals surface area contributed by atoms with Crippen molar-refractivity contribution in [1.29, 1.82) is 0 Å². The van der Waals surface area contributed by atoms with Crippen LogP contribution in [-0.4, -0.2) is 29.7 Å². The highest BCUT2D eigenvalue weighted by Crippen LogP contribution is 2.27. The van der Waals surface area contributed by atoms with Gasteiger partial charge in [-0.15, -0.1) is 0 Å². The Morgan fingerprint density at radius 2 is 1.77 bits per heavy atom. The molecule has 4 nitrogen and oxygen atoms in total. The first-order chi connectivity index (χ1) is 10.6. The lowest BCUT2D eigenvalue weighted by Gasteiger charge is -2.23. The van der Waals surface area contributed by atoms with Gasteiger partial charge in [-0.25, -0.2) is 4.79 Å². The third-order valence-corrected chi connectivity index (χ3v) is 3.59. The predicted octanol–water partition coefficient (Wildman–Crippen LogP) is 4.12. The zero-order valence-electron chi connectivity index (χ0n) is 12.9. The minimum Gasteiger partial charge on any atom is -0.485 e. The Kier molecular flexibility index (Phi) is 5.42. The van der Waals surface area contributed by atoms with Gasteiger partial charge in [-0.05, 0) is 24.1 Å². The van der Waals surface area contributed by atoms with Crippen LogP contribution in [0.25, 0.3) is 0 Å². The molecular weight excluding hydrogens is 278 g/mol. The standard InChI is InChI=1S/C18H21NO3/c1-14-8-6-7-11-16(14)22-17(12-13-19(2)18(20)21)15-9-4-3-5-10-15/h3-11,17H,12-13H2,1-2H3,(H,20,21)/t17-/m1/s1. The first-order valence-electron chi connectivity index (χ1n) is 7.29. The van der Waals surface area contributed by atoms with Crippen molar-refractivity contribution in [2.75, 3.05) is 13.6 Å². The molecule has 0 saturated heterocycles. The first-order valence-corrected chi connectivity index (χ1v) is 7.29. The molecule has 2 aromatic carbocycles. The van der Waals surface area contributed by atoms with Gasteiger partial charge < -0.3 is 14.7 Å². The van der Waals surface area contributed by atoms with Crippen molar-refractivity contribution < 1.29 is 14.6 Å². The molecule has 1 amide bonds. The smallest absolute Gasteiger partial charge is 0.407 e. The van der Waals surface area contributed by atoms with Crippen LogP contribution in [0.3, 0.4) is 0 Å². The second-order valence-corrected chi connectivity index (χ2v) is 5.28. The molecule has 0 unspecified atom stereocenters. The van der Waals surface area contributed by atoms with E-state index in [0.29, 0.717) is 13.0 Å². The molecule has 4 heteroatoms. The van der Waals surface area contributed by atoms with Crippen LogP contribution in [0, 0.1) is 6.92 Å². The highest BCUT2D eigenvalue weighted by molar-refractivity contribution is 5.64. The number of amides is 1. The van der Waals surface area contributed by atoms with Crippen LogP contribution >= 0.6 is 0 Å². The maximum absolute atomic E-state index is 10.9. The van der Waals surface area contributed by atoms with Gasteiger partial charge in [-0.2, -0.15) is 0 Å². The normalized spacial score (nSPS) is 11.7. The lowest BCUT2D eigenvalue weighted by Crippen LogP contribution is -2.27. The largest absolute Gasteiger partial charge is 0.485 e. The molecule has 0 aliphatic rings. The van der Waals surface area contributed by atoms with E-state index < -0.39 is 6.09 Å². The predicted molar refractivity (Wildman–Crippen MR) is 86.3 cm³/mol. The molecule has 0 heterocycles. The molecule has 22 heavy (non-hydrogen) atoms. The lowest BCUT2D eigenvalue weighted by molar-refractivity contribution is 0.140. The van der Waals surface area contributed by atoms with Gasteiger partial charge in [0, 0.05) is 20.0 Å². The molecule has 2 rings (SSSR count). The van der Waals surface area contributed by atoms with Crippen LogP contribution < -0.4 is 4.74 Å². The zero-order chi connectivity index (χ0) is 15.9. The summed E-state index contributed by atoms with van der Waals surface area (Å²) < 4.78 is 6.14. The molecule has 0 saturated carbocycles. The molecular formula is C18H21NO3. The van der Waals surface area contributed by atoms with Crippen LogP contribution in [-0.2, 0) is 0 Å². The van der Waals surface area contributed by atoms with Gasteiger partial charge in [0.1, 0.15) is 11.9 Å². The second kappa shape index (κ2) is 7.50. The number of nitrogens with zero attached hydrogens (tertiary/aromatic N) is 1. The van der Waals surface area contributed by atoms with Gasteiger partial charge in [0.2, 0.25) is 0 Å². The van der Waals surface area contributed by atoms with Crippen molar-refractivity contribution in [3.05, 3.63) is 65.7 Å². The average molecular weight is 299 g/mol. The summed E-state index contributed by atoms with van der Waals surface area (Å²) in [4.78, 5) is 12.2. The van der Waals surface area contributed by atoms with Gasteiger partial charge in [0.15, 0.2) is 0 Å². The molecule has 1 N–H and O–H groups in total. The molecule has 0 aliphatic heterocycles. The van der Waals surface area contributed by atoms with Crippen LogP contribution in [0.1, 0.15) is 23.7 Å². The number of carboxylic acid groups (broad SMARTS) is 1. The van der Waals surface area contributed by atoms with E-state index in [9.17, 15) is 4.79 Å². The monoisotopic (exact) mass is 299 g/mol. The Morgan fingerprint density at radius 1 is 1.14 bits per heavy atom. The first kappa shape index (κ1) is 15.9. The fraction of sp³-hybridized carbons (Fsp3) is 0.278. The maximum Gasteiger partial charge on any atom is 0.407 e. The van der Waals surface area contributed by atoms with Crippen LogP contribution in [0.2, 0.25) is 0 Å². The van der Waals surface area contributed by atoms with Crippen molar-refractivity contribution >= 4 is 6.09 Å². The minimum absolute atomic E-state index is 0.177. The van der Waals surface area contributed by atoms with Crippen molar-refractivity contribution in [3.63, 3.8) is 0 Å². The Bertz CT molecular complexity index is 613. The maximum atomic E-state index is 10.9. The van der Waals surface area contributed by atoms with E-state index >= 15 is 0 Å². The lowest BCUT2D eigenvalue weighted by atomic mass is 10.1. The van der Waals surface area contributed by atoms with Crippen LogP contribution in [0.5, 0.6) is 5.75 Å². The van der Waals surface area contributed by atoms with Crippen LogP contribution in [0.15, 0.2) is 54.6 Å². The highest BCUT2D eigenvalue weighted by atomic mass is 16.5. The third-order valence-electron chi connectivity index (χ3n) is 3.59. The average Bonchev–Trinajstić information content (AvgIpc) is 2.53. The van der Waals surface area contributed by atoms with Crippen molar-refractivity contribution in [1.82, 2.24) is 4.90 Å². The molecule has 0 radical (unpaired) electrons. The van der Waals surface area contributed by atoms with Gasteiger partial charge in [-0.3, -0.25) is 0 Å². The Hall–Kier alpha value is -2.49. The zero-order valence-corrected chi connectivity index (χ0v) is 12.9. The van der Waals surface area contributed by atoms with Gasteiger partial charge in [0.25, 0.3) is 0 Å². The molecule has 1 atom stereocenters. The topological polar surface area (TPSA) is 49.8 Å². The minimum atomic E-state index is -0.928. The molecule has 116 valence electrons. The van der Waals surface area contributed by atoms with Gasteiger partial charge in [0.05, 0.1) is 0 Å². The Morgan fingerprint density at radius 3 is 2.41 bits per heavy atom. The summed E-state index contributed by atoms with van der Waals surface area (Å²) in [5.74, 6) is 0.828. The number of para-hydroxylation sites is 1. The van der Waals surface area contributed by atoms with E-state index in [1.807, 2.05) is 61.5 Å². The third kappa shape index (κ3) is 4.25. The van der Waals surface area contributed by atoms with E-state index in [2.05, 4.69) is 0 Å². The van der Waals surface area contributed by atoms with E-state index in [1.165, 1.54) is 4.90 Å². The summed E-state index contributed by atoms with van der Waals surface area (Å²) in [5.41, 5.74) is 2.11. The number of carbonyl (C=O) groups is 1. The fourth-order valence-corrected chi connectivity index (χ4v) is 2.21. The summed E-state index contributed by atoms with van der Waals surface area (Å²) in [6.45, 7) is 2.42. The quantitative estimate of drug-likeness (QED) is 0.873. The fourth-order valence-electron chi connectivity index (χ4n) is 2.21. The molecule has 0 spiro atoms. The number of hydrogen-bond acceptors (Lipinski definition) is 2. The molecule has 0 fully saturated rings. The SMILES string of the molecule is Cc1ccccc1O[C@H](CCN(C)C(=O)O)c1ccccc1. The summed E-state index contributed by atoms with van der Waals surface area (Å²) in [7, 11) is 1.57. The van der Waals surface area contributed by atoms with Gasteiger partial charge >= 0.3 is 6.09 Å². The summed E-state index contributed by atoms with van der Waals surface area (Å²) in [6.07, 6.45) is -0.506. The van der Waals surface area contributed by atoms with E-state index in [-0.39, 0.29) is 6.10 Å². The van der Waals surface area contributed by atoms with Crippen LogP contribution in [0.4, 0.5) is 4.79 Å². The Labute approximate surface area is 131 Å². The number of ether oxygens (including phenoxy) is 1. The molecule has 0 bridgehead atoms. The summed E-state index contributed by atoms with van der Waals surface area (Å²) in [6, 6.07) is 17.7.